The van der Waals surface area contributed by atoms with E-state index in [9.17, 15) is 31.1 Å². The predicted octanol–water partition coefficient (Wildman–Crippen LogP) is 7.21. The molecule has 2 saturated heterocycles. The number of hydrogen-bond donors (Lipinski definition) is 0. The van der Waals surface area contributed by atoms with E-state index in [1.54, 1.807) is 13.1 Å². The Morgan fingerprint density at radius 1 is 1.02 bits per heavy atom. The van der Waals surface area contributed by atoms with E-state index in [2.05, 4.69) is 4.90 Å². The highest BCUT2D eigenvalue weighted by atomic mass is 19.4. The van der Waals surface area contributed by atoms with Crippen molar-refractivity contribution < 1.29 is 40.6 Å². The van der Waals surface area contributed by atoms with Gasteiger partial charge in [0.15, 0.2) is 0 Å². The zero-order chi connectivity index (χ0) is 31.1. The number of carbonyl (C=O) groups excluding carboxylic acids is 1. The average Bonchev–Trinajstić information content (AvgIpc) is 3.51. The van der Waals surface area contributed by atoms with Gasteiger partial charge in [0.1, 0.15) is 11.9 Å². The molecule has 43 heavy (non-hydrogen) atoms. The first-order valence-corrected chi connectivity index (χ1v) is 14.0. The van der Waals surface area contributed by atoms with Crippen molar-refractivity contribution in [3.05, 3.63) is 71.0 Å². The molecule has 0 N–H and O–H groups in total. The third kappa shape index (κ3) is 6.31. The molecule has 0 unspecified atom stereocenters. The van der Waals surface area contributed by atoms with Gasteiger partial charge in [0.25, 0.3) is 0 Å². The van der Waals surface area contributed by atoms with Gasteiger partial charge in [0.2, 0.25) is 0 Å². The molecule has 0 radical (unpaired) electrons. The predicted molar refractivity (Wildman–Crippen MR) is 146 cm³/mol. The summed E-state index contributed by atoms with van der Waals surface area (Å²) in [5.41, 5.74) is -0.950. The van der Waals surface area contributed by atoms with E-state index >= 15 is 0 Å². The smallest absolute Gasteiger partial charge is 0.416 e. The molecule has 2 aromatic heterocycles. The summed E-state index contributed by atoms with van der Waals surface area (Å²) >= 11 is 0. The first-order valence-electron chi connectivity index (χ1n) is 14.0. The maximum absolute atomic E-state index is 13.5. The molecule has 0 aliphatic carbocycles. The molecule has 7 nitrogen and oxygen atoms in total. The molecule has 1 aromatic carbocycles. The molecule has 4 heterocycles. The van der Waals surface area contributed by atoms with Crippen molar-refractivity contribution in [2.75, 3.05) is 24.7 Å². The molecular formula is C30H32F6N4O3. The SMILES string of the molecule is CCN(c1ncc(-c2cccn2C)cc1CN1C(=O)O[C@H](c2cc(C(F)(F)F)cc(C(F)(F)F)c2)[C@@H]1C)C1CCOCC1. The number of anilines is 1. The number of alkyl halides is 6. The van der Waals surface area contributed by atoms with Gasteiger partial charge in [-0.1, -0.05) is 0 Å². The van der Waals surface area contributed by atoms with Crippen molar-refractivity contribution in [3.63, 3.8) is 0 Å². The molecular weight excluding hydrogens is 578 g/mol. The van der Waals surface area contributed by atoms with Crippen molar-refractivity contribution in [3.8, 4) is 11.3 Å². The lowest BCUT2D eigenvalue weighted by Crippen LogP contribution is -2.41. The summed E-state index contributed by atoms with van der Waals surface area (Å²) in [6.07, 6.45) is -7.01. The van der Waals surface area contributed by atoms with Crippen LogP contribution in [0.25, 0.3) is 11.3 Å². The van der Waals surface area contributed by atoms with E-state index in [-0.39, 0.29) is 24.2 Å². The van der Waals surface area contributed by atoms with Crippen LogP contribution in [-0.2, 0) is 35.4 Å². The Bertz CT molecular complexity index is 1430. The summed E-state index contributed by atoms with van der Waals surface area (Å²) in [5.74, 6) is 0.647. The fourth-order valence-corrected chi connectivity index (χ4v) is 5.84. The van der Waals surface area contributed by atoms with Crippen LogP contribution in [0.5, 0.6) is 0 Å². The number of hydrogen-bond acceptors (Lipinski definition) is 5. The largest absolute Gasteiger partial charge is 0.439 e. The third-order valence-corrected chi connectivity index (χ3v) is 8.10. The number of cyclic esters (lactones) is 1. The molecule has 0 bridgehead atoms. The van der Waals surface area contributed by atoms with Gasteiger partial charge in [-0.2, -0.15) is 26.3 Å². The van der Waals surface area contributed by atoms with Crippen LogP contribution in [0.1, 0.15) is 55.0 Å². The molecule has 0 saturated carbocycles. The first kappa shape index (κ1) is 30.7. The highest BCUT2D eigenvalue weighted by Crippen LogP contribution is 2.41. The highest BCUT2D eigenvalue weighted by molar-refractivity contribution is 5.72. The Hall–Kier alpha value is -3.74. The number of rotatable bonds is 7. The van der Waals surface area contributed by atoms with Gasteiger partial charge in [0.05, 0.1) is 23.7 Å². The third-order valence-electron chi connectivity index (χ3n) is 8.10. The minimum atomic E-state index is -5.02. The number of nitrogens with zero attached hydrogens (tertiary/aromatic N) is 4. The first-order chi connectivity index (χ1) is 20.3. The summed E-state index contributed by atoms with van der Waals surface area (Å²) in [7, 11) is 1.89. The topological polar surface area (TPSA) is 59.8 Å². The quantitative estimate of drug-likeness (QED) is 0.265. The summed E-state index contributed by atoms with van der Waals surface area (Å²) in [5, 5.41) is 0. The Morgan fingerprint density at radius 2 is 1.67 bits per heavy atom. The van der Waals surface area contributed by atoms with E-state index < -0.39 is 41.7 Å². The Kier molecular flexibility index (Phi) is 8.39. The maximum Gasteiger partial charge on any atom is 0.416 e. The number of aromatic nitrogens is 2. The molecule has 0 spiro atoms. The van der Waals surface area contributed by atoms with E-state index in [1.807, 2.05) is 42.9 Å². The average molecular weight is 611 g/mol. The van der Waals surface area contributed by atoms with Gasteiger partial charge in [-0.15, -0.1) is 0 Å². The molecule has 1 amide bonds. The number of aryl methyl sites for hydroxylation is 1. The Labute approximate surface area is 245 Å². The second kappa shape index (κ2) is 11.7. The van der Waals surface area contributed by atoms with Gasteiger partial charge < -0.3 is 18.9 Å². The molecule has 5 rings (SSSR count). The van der Waals surface area contributed by atoms with Crippen LogP contribution in [-0.4, -0.2) is 52.4 Å². The normalized spacial score (nSPS) is 20.0. The van der Waals surface area contributed by atoms with Crippen LogP contribution in [0, 0.1) is 0 Å². The molecule has 2 aliphatic rings. The van der Waals surface area contributed by atoms with Gasteiger partial charge in [0, 0.05) is 62.1 Å². The van der Waals surface area contributed by atoms with Crippen molar-refractivity contribution in [2.24, 2.45) is 7.05 Å². The van der Waals surface area contributed by atoms with Crippen molar-refractivity contribution >= 4 is 11.9 Å². The van der Waals surface area contributed by atoms with Gasteiger partial charge in [-0.3, -0.25) is 4.90 Å². The lowest BCUT2D eigenvalue weighted by Gasteiger charge is -2.36. The zero-order valence-corrected chi connectivity index (χ0v) is 23.9. The van der Waals surface area contributed by atoms with Crippen LogP contribution in [0.2, 0.25) is 0 Å². The van der Waals surface area contributed by atoms with Crippen molar-refractivity contribution in [1.82, 2.24) is 14.5 Å². The Balaban J connectivity index is 1.52. The molecule has 2 aliphatic heterocycles. The number of benzene rings is 1. The second-order valence-corrected chi connectivity index (χ2v) is 10.9. The second-order valence-electron chi connectivity index (χ2n) is 10.9. The minimum Gasteiger partial charge on any atom is -0.439 e. The van der Waals surface area contributed by atoms with E-state index in [0.29, 0.717) is 43.3 Å². The fourth-order valence-electron chi connectivity index (χ4n) is 5.84. The van der Waals surface area contributed by atoms with Crippen molar-refractivity contribution in [1.29, 1.82) is 0 Å². The van der Waals surface area contributed by atoms with Gasteiger partial charge >= 0.3 is 18.4 Å². The standard InChI is InChI=1S/C30H32F6N4O3/c1-4-39(24-7-10-42-11-8-24)27-21(12-20(16-37-27)25-6-5-9-38(25)3)17-40-18(2)26(43-28(40)41)19-13-22(29(31,32)33)15-23(14-19)30(34,35)36/h5-6,9,12-16,18,24,26H,4,7-8,10-11,17H2,1-3H3/t18-,26-/m0/s1. The minimum absolute atomic E-state index is 0.0120. The number of pyridine rings is 1. The molecule has 232 valence electrons. The summed E-state index contributed by atoms with van der Waals surface area (Å²) < 4.78 is 94.2. The van der Waals surface area contributed by atoms with Crippen LogP contribution in [0.4, 0.5) is 37.0 Å². The molecule has 13 heteroatoms. The number of ether oxygens (including phenoxy) is 2. The van der Waals surface area contributed by atoms with Crippen LogP contribution < -0.4 is 4.90 Å². The van der Waals surface area contributed by atoms with Crippen LogP contribution in [0.3, 0.4) is 0 Å². The summed E-state index contributed by atoms with van der Waals surface area (Å²) in [6, 6.07) is 6.28. The van der Waals surface area contributed by atoms with Crippen LogP contribution >= 0.6 is 0 Å². The molecule has 2 fully saturated rings. The number of carbonyl (C=O) groups is 1. The highest BCUT2D eigenvalue weighted by Gasteiger charge is 2.43. The van der Waals surface area contributed by atoms with Gasteiger partial charge in [-0.25, -0.2) is 9.78 Å². The maximum atomic E-state index is 13.5. The fraction of sp³-hybridized carbons (Fsp3) is 0.467. The number of amides is 1. The van der Waals surface area contributed by atoms with E-state index in [0.717, 1.165) is 24.1 Å². The zero-order valence-electron chi connectivity index (χ0n) is 23.9. The molecule has 2 atom stereocenters. The lowest BCUT2D eigenvalue weighted by molar-refractivity contribution is -0.143. The number of halogens is 6. The molecule has 3 aromatic rings. The van der Waals surface area contributed by atoms with Gasteiger partial charge in [-0.05, 0) is 68.7 Å². The van der Waals surface area contributed by atoms with E-state index in [1.165, 1.54) is 4.90 Å². The van der Waals surface area contributed by atoms with E-state index in [4.69, 9.17) is 14.5 Å². The monoisotopic (exact) mass is 610 g/mol. The van der Waals surface area contributed by atoms with Crippen LogP contribution in [0.15, 0.2) is 48.8 Å². The summed E-state index contributed by atoms with van der Waals surface area (Å²) in [4.78, 5) is 21.4. The lowest BCUT2D eigenvalue weighted by atomic mass is 9.97. The summed E-state index contributed by atoms with van der Waals surface area (Å²) in [6.45, 7) is 5.37. The van der Waals surface area contributed by atoms with Crippen molar-refractivity contribution in [2.45, 2.75) is 63.8 Å². The Morgan fingerprint density at radius 3 is 2.23 bits per heavy atom.